The van der Waals surface area contributed by atoms with E-state index in [0.717, 1.165) is 38.4 Å². The summed E-state index contributed by atoms with van der Waals surface area (Å²) >= 11 is 0. The number of oxazole rings is 1. The first-order valence-corrected chi connectivity index (χ1v) is 6.71. The lowest BCUT2D eigenvalue weighted by Gasteiger charge is -2.34. The number of aromatic nitrogens is 2. The molecule has 1 fully saturated rings. The minimum atomic E-state index is -0.428. The van der Waals surface area contributed by atoms with Crippen molar-refractivity contribution in [3.05, 3.63) is 42.0 Å². The number of aryl methyl sites for hydroxylation is 1. The molecule has 1 aliphatic rings. The van der Waals surface area contributed by atoms with Gasteiger partial charge in [0.25, 0.3) is 0 Å². The molecule has 0 atom stereocenters. The molecule has 0 saturated carbocycles. The average Bonchev–Trinajstić information content (AvgIpc) is 2.85. The fourth-order valence-corrected chi connectivity index (χ4v) is 2.42. The van der Waals surface area contributed by atoms with Gasteiger partial charge in [-0.25, -0.2) is 9.97 Å². The molecule has 106 valence electrons. The highest BCUT2D eigenvalue weighted by Gasteiger charge is 2.19. The van der Waals surface area contributed by atoms with Gasteiger partial charge in [0.1, 0.15) is 12.1 Å². The van der Waals surface area contributed by atoms with E-state index in [1.165, 1.54) is 6.07 Å². The van der Waals surface area contributed by atoms with Crippen molar-refractivity contribution in [3.63, 3.8) is 0 Å². The van der Waals surface area contributed by atoms with Crippen LogP contribution in [-0.2, 0) is 6.54 Å². The Morgan fingerprint density at radius 2 is 2.00 bits per heavy atom. The van der Waals surface area contributed by atoms with Crippen molar-refractivity contribution in [1.82, 2.24) is 14.9 Å². The molecule has 3 rings (SSSR count). The Hall–Kier alpha value is -1.95. The van der Waals surface area contributed by atoms with Crippen LogP contribution in [0.25, 0.3) is 0 Å². The van der Waals surface area contributed by atoms with Gasteiger partial charge in [0.05, 0.1) is 5.69 Å². The van der Waals surface area contributed by atoms with Crippen LogP contribution in [0.4, 0.5) is 10.2 Å². The Morgan fingerprint density at radius 3 is 2.65 bits per heavy atom. The number of piperazine rings is 1. The summed E-state index contributed by atoms with van der Waals surface area (Å²) < 4.78 is 18.3. The van der Waals surface area contributed by atoms with Crippen molar-refractivity contribution in [2.45, 2.75) is 13.5 Å². The lowest BCUT2D eigenvalue weighted by atomic mass is 10.3. The van der Waals surface area contributed by atoms with Crippen LogP contribution < -0.4 is 4.90 Å². The first kappa shape index (κ1) is 13.1. The van der Waals surface area contributed by atoms with Crippen LogP contribution in [0.15, 0.2) is 28.9 Å². The summed E-state index contributed by atoms with van der Waals surface area (Å²) in [5, 5.41) is 0. The molecule has 0 N–H and O–H groups in total. The van der Waals surface area contributed by atoms with Crippen LogP contribution >= 0.6 is 0 Å². The molecule has 1 saturated heterocycles. The predicted octanol–water partition coefficient (Wildman–Crippen LogP) is 1.84. The summed E-state index contributed by atoms with van der Waals surface area (Å²) in [5.41, 5.74) is 0.958. The van der Waals surface area contributed by atoms with Crippen LogP contribution in [-0.4, -0.2) is 41.0 Å². The summed E-state index contributed by atoms with van der Waals surface area (Å²) in [6, 6.07) is 4.91. The van der Waals surface area contributed by atoms with Crippen molar-refractivity contribution in [2.75, 3.05) is 31.1 Å². The minimum absolute atomic E-state index is 0.428. The second-order valence-electron chi connectivity index (χ2n) is 4.94. The van der Waals surface area contributed by atoms with Gasteiger partial charge in [0.15, 0.2) is 5.89 Å². The van der Waals surface area contributed by atoms with E-state index in [2.05, 4.69) is 19.8 Å². The van der Waals surface area contributed by atoms with Gasteiger partial charge in [-0.1, -0.05) is 6.07 Å². The van der Waals surface area contributed by atoms with E-state index in [1.807, 2.05) is 13.0 Å². The number of rotatable bonds is 3. The maximum absolute atomic E-state index is 13.1. The maximum atomic E-state index is 13.1. The zero-order valence-corrected chi connectivity index (χ0v) is 11.4. The molecule has 6 heteroatoms. The summed E-state index contributed by atoms with van der Waals surface area (Å²) in [4.78, 5) is 12.6. The molecule has 0 unspecified atom stereocenters. The number of hydrogen-bond donors (Lipinski definition) is 0. The van der Waals surface area contributed by atoms with Gasteiger partial charge >= 0.3 is 0 Å². The fourth-order valence-electron chi connectivity index (χ4n) is 2.42. The third-order valence-electron chi connectivity index (χ3n) is 3.45. The Bertz CT molecular complexity index is 578. The molecule has 2 aromatic rings. The first-order valence-electron chi connectivity index (χ1n) is 6.71. The van der Waals surface area contributed by atoms with Gasteiger partial charge < -0.3 is 9.32 Å². The number of nitrogens with zero attached hydrogens (tertiary/aromatic N) is 4. The van der Waals surface area contributed by atoms with E-state index in [9.17, 15) is 4.39 Å². The van der Waals surface area contributed by atoms with Gasteiger partial charge in [-0.05, 0) is 12.1 Å². The van der Waals surface area contributed by atoms with Gasteiger partial charge in [-0.15, -0.1) is 0 Å². The monoisotopic (exact) mass is 276 g/mol. The number of halogens is 1. The number of hydrogen-bond acceptors (Lipinski definition) is 5. The molecule has 0 bridgehead atoms. The van der Waals surface area contributed by atoms with Crippen LogP contribution in [0.3, 0.4) is 0 Å². The van der Waals surface area contributed by atoms with Crippen LogP contribution in [0, 0.1) is 12.9 Å². The van der Waals surface area contributed by atoms with E-state index in [4.69, 9.17) is 4.42 Å². The Balaban J connectivity index is 1.57. The molecule has 1 aliphatic heterocycles. The lowest BCUT2D eigenvalue weighted by molar-refractivity contribution is 0.246. The third-order valence-corrected chi connectivity index (χ3v) is 3.45. The van der Waals surface area contributed by atoms with E-state index in [0.29, 0.717) is 11.7 Å². The highest BCUT2D eigenvalue weighted by Crippen LogP contribution is 2.15. The maximum Gasteiger partial charge on any atom is 0.214 e. The Kier molecular flexibility index (Phi) is 3.64. The van der Waals surface area contributed by atoms with Crippen LogP contribution in [0.5, 0.6) is 0 Å². The quantitative estimate of drug-likeness (QED) is 0.800. The van der Waals surface area contributed by atoms with Crippen molar-refractivity contribution in [2.24, 2.45) is 0 Å². The van der Waals surface area contributed by atoms with Crippen molar-refractivity contribution in [1.29, 1.82) is 0 Å². The standard InChI is InChI=1S/C14H17FN4O/c1-11-16-12(10-20-11)9-18-5-7-19(8-6-18)14-4-2-3-13(15)17-14/h2-4,10H,5-9H2,1H3. The number of anilines is 1. The second kappa shape index (κ2) is 5.58. The molecular weight excluding hydrogens is 259 g/mol. The molecule has 0 spiro atoms. The van der Waals surface area contributed by atoms with E-state index in [-0.39, 0.29) is 0 Å². The molecule has 0 radical (unpaired) electrons. The number of pyridine rings is 1. The summed E-state index contributed by atoms with van der Waals surface area (Å²) in [6.45, 7) is 6.13. The minimum Gasteiger partial charge on any atom is -0.449 e. The van der Waals surface area contributed by atoms with Gasteiger partial charge in [-0.3, -0.25) is 4.90 Å². The first-order chi connectivity index (χ1) is 9.70. The highest BCUT2D eigenvalue weighted by molar-refractivity contribution is 5.38. The molecule has 2 aromatic heterocycles. The van der Waals surface area contributed by atoms with Crippen LogP contribution in [0.1, 0.15) is 11.6 Å². The summed E-state index contributed by atoms with van der Waals surface area (Å²) in [5.74, 6) is 0.979. The van der Waals surface area contributed by atoms with Crippen molar-refractivity contribution >= 4 is 5.82 Å². The highest BCUT2D eigenvalue weighted by atomic mass is 19.1. The largest absolute Gasteiger partial charge is 0.449 e. The SMILES string of the molecule is Cc1nc(CN2CCN(c3cccc(F)n3)CC2)co1. The van der Waals surface area contributed by atoms with E-state index < -0.39 is 5.95 Å². The summed E-state index contributed by atoms with van der Waals surface area (Å²) in [7, 11) is 0. The second-order valence-corrected chi connectivity index (χ2v) is 4.94. The normalized spacial score (nSPS) is 16.6. The Morgan fingerprint density at radius 1 is 1.20 bits per heavy atom. The molecule has 0 amide bonds. The molecule has 0 aromatic carbocycles. The van der Waals surface area contributed by atoms with Crippen molar-refractivity contribution < 1.29 is 8.81 Å². The Labute approximate surface area is 117 Å². The molecule has 5 nitrogen and oxygen atoms in total. The van der Waals surface area contributed by atoms with Gasteiger partial charge in [0, 0.05) is 39.6 Å². The zero-order chi connectivity index (χ0) is 13.9. The average molecular weight is 276 g/mol. The molecular formula is C14H17FN4O. The lowest BCUT2D eigenvalue weighted by Crippen LogP contribution is -2.46. The van der Waals surface area contributed by atoms with Gasteiger partial charge in [0.2, 0.25) is 5.95 Å². The van der Waals surface area contributed by atoms with Crippen LogP contribution in [0.2, 0.25) is 0 Å². The van der Waals surface area contributed by atoms with Crippen molar-refractivity contribution in [3.8, 4) is 0 Å². The molecule has 3 heterocycles. The van der Waals surface area contributed by atoms with E-state index >= 15 is 0 Å². The topological polar surface area (TPSA) is 45.4 Å². The fraction of sp³-hybridized carbons (Fsp3) is 0.429. The zero-order valence-electron chi connectivity index (χ0n) is 11.4. The van der Waals surface area contributed by atoms with E-state index in [1.54, 1.807) is 12.3 Å². The summed E-state index contributed by atoms with van der Waals surface area (Å²) in [6.07, 6.45) is 1.70. The predicted molar refractivity (Wildman–Crippen MR) is 72.9 cm³/mol. The molecule has 20 heavy (non-hydrogen) atoms. The molecule has 0 aliphatic carbocycles. The smallest absolute Gasteiger partial charge is 0.214 e. The third kappa shape index (κ3) is 2.96. The van der Waals surface area contributed by atoms with Gasteiger partial charge in [-0.2, -0.15) is 4.39 Å².